The van der Waals surface area contributed by atoms with Crippen molar-refractivity contribution in [3.8, 4) is 0 Å². The summed E-state index contributed by atoms with van der Waals surface area (Å²) < 4.78 is 11.1. The van der Waals surface area contributed by atoms with E-state index in [0.717, 1.165) is 39.3 Å². The van der Waals surface area contributed by atoms with Crippen molar-refractivity contribution in [3.63, 3.8) is 0 Å². The molecular weight excluding hydrogens is 254 g/mol. The third kappa shape index (κ3) is 3.04. The molecule has 0 aliphatic carbocycles. The molecule has 1 saturated heterocycles. The SMILES string of the molecule is CC(O)C1CN(Cc2cccc3c2CCOC3)CCO1. The fraction of sp³-hybridized carbons (Fsp3) is 0.625. The lowest BCUT2D eigenvalue weighted by molar-refractivity contribution is -0.0846. The molecule has 0 aromatic heterocycles. The van der Waals surface area contributed by atoms with Crippen LogP contribution < -0.4 is 0 Å². The Hall–Kier alpha value is -0.940. The summed E-state index contributed by atoms with van der Waals surface area (Å²) in [7, 11) is 0. The Morgan fingerprint density at radius 1 is 1.40 bits per heavy atom. The molecule has 4 heteroatoms. The summed E-state index contributed by atoms with van der Waals surface area (Å²) in [4.78, 5) is 2.38. The molecule has 2 aliphatic heterocycles. The Morgan fingerprint density at radius 3 is 3.15 bits per heavy atom. The average Bonchev–Trinajstić information content (AvgIpc) is 2.48. The van der Waals surface area contributed by atoms with Crippen LogP contribution in [0, 0.1) is 0 Å². The molecule has 1 N–H and O–H groups in total. The Labute approximate surface area is 120 Å². The molecule has 2 unspecified atom stereocenters. The minimum atomic E-state index is -0.407. The third-order valence-electron chi connectivity index (χ3n) is 4.23. The Kier molecular flexibility index (Phi) is 4.36. The van der Waals surface area contributed by atoms with E-state index in [9.17, 15) is 5.11 Å². The first-order valence-electron chi connectivity index (χ1n) is 7.43. The number of aliphatic hydroxyl groups excluding tert-OH is 1. The molecule has 110 valence electrons. The van der Waals surface area contributed by atoms with Crippen LogP contribution in [0.1, 0.15) is 23.6 Å². The van der Waals surface area contributed by atoms with Gasteiger partial charge in [-0.05, 0) is 30.0 Å². The zero-order valence-corrected chi connectivity index (χ0v) is 12.0. The third-order valence-corrected chi connectivity index (χ3v) is 4.23. The van der Waals surface area contributed by atoms with E-state index < -0.39 is 6.10 Å². The number of ether oxygens (including phenoxy) is 2. The van der Waals surface area contributed by atoms with E-state index in [0.29, 0.717) is 6.61 Å². The molecular formula is C16H23NO3. The second-order valence-corrected chi connectivity index (χ2v) is 5.74. The van der Waals surface area contributed by atoms with E-state index >= 15 is 0 Å². The number of fused-ring (bicyclic) bond motifs is 1. The first-order valence-corrected chi connectivity index (χ1v) is 7.43. The summed E-state index contributed by atoms with van der Waals surface area (Å²) in [6.07, 6.45) is 0.540. The topological polar surface area (TPSA) is 41.9 Å². The second-order valence-electron chi connectivity index (χ2n) is 5.74. The number of morpholine rings is 1. The second kappa shape index (κ2) is 6.22. The molecule has 1 aromatic rings. The fourth-order valence-corrected chi connectivity index (χ4v) is 3.06. The van der Waals surface area contributed by atoms with Gasteiger partial charge in [-0.2, -0.15) is 0 Å². The maximum absolute atomic E-state index is 9.68. The normalized spacial score (nSPS) is 25.2. The van der Waals surface area contributed by atoms with Crippen molar-refractivity contribution in [2.24, 2.45) is 0 Å². The van der Waals surface area contributed by atoms with Crippen LogP contribution in [0.2, 0.25) is 0 Å². The molecule has 1 fully saturated rings. The standard InChI is InChI=1S/C16H23NO3/c1-12(18)16-10-17(6-8-20-16)9-13-3-2-4-14-11-19-7-5-15(13)14/h2-4,12,16,18H,5-11H2,1H3. The highest BCUT2D eigenvalue weighted by atomic mass is 16.5. The van der Waals surface area contributed by atoms with E-state index in [2.05, 4.69) is 23.1 Å². The van der Waals surface area contributed by atoms with E-state index in [1.165, 1.54) is 16.7 Å². The van der Waals surface area contributed by atoms with Crippen molar-refractivity contribution >= 4 is 0 Å². The first-order chi connectivity index (χ1) is 9.74. The number of rotatable bonds is 3. The number of benzene rings is 1. The molecule has 2 heterocycles. The van der Waals surface area contributed by atoms with Gasteiger partial charge in [-0.25, -0.2) is 0 Å². The van der Waals surface area contributed by atoms with Crippen molar-refractivity contribution in [2.75, 3.05) is 26.3 Å². The molecule has 4 nitrogen and oxygen atoms in total. The van der Waals surface area contributed by atoms with Crippen molar-refractivity contribution in [1.29, 1.82) is 0 Å². The van der Waals surface area contributed by atoms with Crippen molar-refractivity contribution in [2.45, 2.75) is 38.7 Å². The van der Waals surface area contributed by atoms with Crippen LogP contribution in [0.3, 0.4) is 0 Å². The highest BCUT2D eigenvalue weighted by Gasteiger charge is 2.25. The van der Waals surface area contributed by atoms with Gasteiger partial charge in [-0.15, -0.1) is 0 Å². The van der Waals surface area contributed by atoms with Gasteiger partial charge in [-0.1, -0.05) is 18.2 Å². The van der Waals surface area contributed by atoms with Crippen LogP contribution in [0.15, 0.2) is 18.2 Å². The monoisotopic (exact) mass is 277 g/mol. The molecule has 2 aliphatic rings. The summed E-state index contributed by atoms with van der Waals surface area (Å²) in [5.41, 5.74) is 4.19. The molecule has 2 atom stereocenters. The van der Waals surface area contributed by atoms with Gasteiger partial charge in [-0.3, -0.25) is 4.90 Å². The lowest BCUT2D eigenvalue weighted by Crippen LogP contribution is -2.46. The minimum absolute atomic E-state index is 0.0633. The van der Waals surface area contributed by atoms with Crippen LogP contribution >= 0.6 is 0 Å². The Bertz CT molecular complexity index is 461. The molecule has 20 heavy (non-hydrogen) atoms. The van der Waals surface area contributed by atoms with Gasteiger partial charge in [0.1, 0.15) is 0 Å². The number of aliphatic hydroxyl groups is 1. The first kappa shape index (κ1) is 14.0. The van der Waals surface area contributed by atoms with Gasteiger partial charge >= 0.3 is 0 Å². The number of hydrogen-bond acceptors (Lipinski definition) is 4. The lowest BCUT2D eigenvalue weighted by atomic mass is 9.96. The smallest absolute Gasteiger partial charge is 0.0958 e. The van der Waals surface area contributed by atoms with Crippen LogP contribution in [-0.4, -0.2) is 48.5 Å². The molecule has 1 aromatic carbocycles. The lowest BCUT2D eigenvalue weighted by Gasteiger charge is -2.35. The fourth-order valence-electron chi connectivity index (χ4n) is 3.06. The molecule has 0 spiro atoms. The van der Waals surface area contributed by atoms with Crippen molar-refractivity contribution in [3.05, 3.63) is 34.9 Å². The predicted molar refractivity (Wildman–Crippen MR) is 76.5 cm³/mol. The molecule has 0 amide bonds. The summed E-state index contributed by atoms with van der Waals surface area (Å²) >= 11 is 0. The number of nitrogens with zero attached hydrogens (tertiary/aromatic N) is 1. The predicted octanol–water partition coefficient (Wildman–Crippen LogP) is 1.34. The molecule has 0 bridgehead atoms. The molecule has 3 rings (SSSR count). The van der Waals surface area contributed by atoms with Gasteiger partial charge in [0.25, 0.3) is 0 Å². The minimum Gasteiger partial charge on any atom is -0.391 e. The van der Waals surface area contributed by atoms with E-state index in [1.54, 1.807) is 6.92 Å². The summed E-state index contributed by atoms with van der Waals surface area (Å²) in [5.74, 6) is 0. The molecule has 0 radical (unpaired) electrons. The van der Waals surface area contributed by atoms with Crippen LogP contribution in [0.25, 0.3) is 0 Å². The maximum atomic E-state index is 9.68. The Morgan fingerprint density at radius 2 is 2.30 bits per heavy atom. The summed E-state index contributed by atoms with van der Waals surface area (Å²) in [6, 6.07) is 6.50. The Balaban J connectivity index is 1.71. The van der Waals surface area contributed by atoms with Crippen LogP contribution in [-0.2, 0) is 29.0 Å². The number of hydrogen-bond donors (Lipinski definition) is 1. The largest absolute Gasteiger partial charge is 0.391 e. The quantitative estimate of drug-likeness (QED) is 0.905. The van der Waals surface area contributed by atoms with Gasteiger partial charge in [0.15, 0.2) is 0 Å². The van der Waals surface area contributed by atoms with E-state index in [1.807, 2.05) is 0 Å². The van der Waals surface area contributed by atoms with Crippen LogP contribution in [0.5, 0.6) is 0 Å². The van der Waals surface area contributed by atoms with Crippen molar-refractivity contribution in [1.82, 2.24) is 4.90 Å². The van der Waals surface area contributed by atoms with Gasteiger partial charge in [0.2, 0.25) is 0 Å². The van der Waals surface area contributed by atoms with Crippen LogP contribution in [0.4, 0.5) is 0 Å². The molecule has 0 saturated carbocycles. The summed E-state index contributed by atoms with van der Waals surface area (Å²) in [6.45, 7) is 6.74. The zero-order valence-electron chi connectivity index (χ0n) is 12.0. The van der Waals surface area contributed by atoms with Gasteiger partial charge < -0.3 is 14.6 Å². The average molecular weight is 277 g/mol. The van der Waals surface area contributed by atoms with E-state index in [4.69, 9.17) is 9.47 Å². The van der Waals surface area contributed by atoms with Crippen molar-refractivity contribution < 1.29 is 14.6 Å². The zero-order chi connectivity index (χ0) is 13.9. The van der Waals surface area contributed by atoms with E-state index in [-0.39, 0.29) is 6.10 Å². The maximum Gasteiger partial charge on any atom is 0.0958 e. The summed E-state index contributed by atoms with van der Waals surface area (Å²) in [5, 5.41) is 9.68. The highest BCUT2D eigenvalue weighted by Crippen LogP contribution is 2.23. The van der Waals surface area contributed by atoms with Gasteiger partial charge in [0.05, 0.1) is 32.0 Å². The van der Waals surface area contributed by atoms with Gasteiger partial charge in [0, 0.05) is 19.6 Å². The highest BCUT2D eigenvalue weighted by molar-refractivity contribution is 5.36.